The predicted octanol–water partition coefficient (Wildman–Crippen LogP) is 2.41. The number of rotatable bonds is 6. The minimum Gasteiger partial charge on any atom is -0.461 e. The summed E-state index contributed by atoms with van der Waals surface area (Å²) < 4.78 is 31.7. The van der Waals surface area contributed by atoms with Crippen molar-refractivity contribution < 1.29 is 22.7 Å². The van der Waals surface area contributed by atoms with Gasteiger partial charge in [-0.3, -0.25) is 4.79 Å². The van der Waals surface area contributed by atoms with Crippen molar-refractivity contribution >= 4 is 50.0 Å². The standard InChI is InChI=1S/C17H19ClN4O5S2/c1-2-27-16(24)12-10-28-17(20-12)21-15(23)11-5-8-22(9-6-11)29(25,26)13-4-3-7-19-14(13)18/h3-4,7,10-11H,2,5-6,8-9H2,1H3,(H,20,21,23). The van der Waals surface area contributed by atoms with Gasteiger partial charge in [0, 0.05) is 30.6 Å². The third-order valence-electron chi connectivity index (χ3n) is 4.39. The first kappa shape index (κ1) is 21.6. The largest absolute Gasteiger partial charge is 0.461 e. The molecule has 12 heteroatoms. The van der Waals surface area contributed by atoms with Gasteiger partial charge in [-0.2, -0.15) is 4.31 Å². The van der Waals surface area contributed by atoms with Crippen molar-refractivity contribution in [3.8, 4) is 0 Å². The quantitative estimate of drug-likeness (QED) is 0.521. The molecule has 3 heterocycles. The summed E-state index contributed by atoms with van der Waals surface area (Å²) in [5, 5.41) is 4.43. The minimum absolute atomic E-state index is 0.0427. The van der Waals surface area contributed by atoms with E-state index >= 15 is 0 Å². The van der Waals surface area contributed by atoms with E-state index in [2.05, 4.69) is 15.3 Å². The number of carbonyl (C=O) groups excluding carboxylic acids is 2. The fourth-order valence-electron chi connectivity index (χ4n) is 2.90. The fraction of sp³-hybridized carbons (Fsp3) is 0.412. The summed E-state index contributed by atoms with van der Waals surface area (Å²) in [5.74, 6) is -1.16. The van der Waals surface area contributed by atoms with Gasteiger partial charge in [-0.15, -0.1) is 11.3 Å². The second-order valence-corrected chi connectivity index (χ2v) is 9.34. The molecular weight excluding hydrogens is 440 g/mol. The smallest absolute Gasteiger partial charge is 0.357 e. The molecule has 1 fully saturated rings. The fourth-order valence-corrected chi connectivity index (χ4v) is 5.48. The molecule has 0 saturated carbocycles. The average molecular weight is 459 g/mol. The number of nitrogens with one attached hydrogen (secondary N) is 1. The molecule has 0 bridgehead atoms. The highest BCUT2D eigenvalue weighted by atomic mass is 35.5. The first-order valence-corrected chi connectivity index (χ1v) is 11.6. The van der Waals surface area contributed by atoms with Crippen molar-refractivity contribution in [2.24, 2.45) is 5.92 Å². The molecule has 2 aromatic rings. The Bertz CT molecular complexity index is 1000. The number of anilines is 1. The number of esters is 1. The Morgan fingerprint density at radius 3 is 2.76 bits per heavy atom. The van der Waals surface area contributed by atoms with E-state index in [0.29, 0.717) is 18.0 Å². The number of aromatic nitrogens is 2. The molecule has 9 nitrogen and oxygen atoms in total. The summed E-state index contributed by atoms with van der Waals surface area (Å²) in [6.07, 6.45) is 2.14. The van der Waals surface area contributed by atoms with Crippen LogP contribution in [0.15, 0.2) is 28.6 Å². The SMILES string of the molecule is CCOC(=O)c1csc(NC(=O)C2CCN(S(=O)(=O)c3cccnc3Cl)CC2)n1. The van der Waals surface area contributed by atoms with Crippen LogP contribution in [0, 0.1) is 5.92 Å². The number of ether oxygens (including phenoxy) is 1. The first-order valence-electron chi connectivity index (χ1n) is 8.87. The van der Waals surface area contributed by atoms with Crippen LogP contribution in [-0.2, 0) is 19.6 Å². The van der Waals surface area contributed by atoms with E-state index in [1.807, 2.05) is 0 Å². The Balaban J connectivity index is 1.59. The molecular formula is C17H19ClN4O5S2. The second-order valence-electron chi connectivity index (χ2n) is 6.22. The van der Waals surface area contributed by atoms with Crippen LogP contribution in [0.1, 0.15) is 30.3 Å². The van der Waals surface area contributed by atoms with Gasteiger partial charge in [0.1, 0.15) is 10.0 Å². The third kappa shape index (κ3) is 4.92. The van der Waals surface area contributed by atoms with E-state index in [4.69, 9.17) is 16.3 Å². The summed E-state index contributed by atoms with van der Waals surface area (Å²) in [6, 6.07) is 2.92. The van der Waals surface area contributed by atoms with E-state index in [1.54, 1.807) is 6.92 Å². The molecule has 0 radical (unpaired) electrons. The molecule has 29 heavy (non-hydrogen) atoms. The van der Waals surface area contributed by atoms with Crippen LogP contribution in [-0.4, -0.2) is 54.3 Å². The third-order valence-corrected chi connectivity index (χ3v) is 7.49. The van der Waals surface area contributed by atoms with Crippen molar-refractivity contribution in [2.75, 3.05) is 25.0 Å². The van der Waals surface area contributed by atoms with Gasteiger partial charge in [-0.1, -0.05) is 11.6 Å². The van der Waals surface area contributed by atoms with Crippen molar-refractivity contribution in [1.82, 2.24) is 14.3 Å². The normalized spacial score (nSPS) is 15.8. The Labute approximate surface area is 177 Å². The summed E-state index contributed by atoms with van der Waals surface area (Å²) in [5.41, 5.74) is 0.140. The van der Waals surface area contributed by atoms with Crippen LogP contribution in [0.25, 0.3) is 0 Å². The second kappa shape index (κ2) is 9.16. The van der Waals surface area contributed by atoms with Crippen LogP contribution < -0.4 is 5.32 Å². The minimum atomic E-state index is -3.77. The van der Waals surface area contributed by atoms with Crippen LogP contribution in [0.2, 0.25) is 5.15 Å². The van der Waals surface area contributed by atoms with Gasteiger partial charge in [-0.25, -0.2) is 23.2 Å². The Kier molecular flexibility index (Phi) is 6.83. The summed E-state index contributed by atoms with van der Waals surface area (Å²) in [7, 11) is -3.77. The van der Waals surface area contributed by atoms with Crippen molar-refractivity contribution in [1.29, 1.82) is 0 Å². The van der Waals surface area contributed by atoms with Crippen molar-refractivity contribution in [3.05, 3.63) is 34.6 Å². The Morgan fingerprint density at radius 2 is 2.10 bits per heavy atom. The zero-order chi connectivity index (χ0) is 21.0. The van der Waals surface area contributed by atoms with Crippen LogP contribution in [0.4, 0.5) is 5.13 Å². The molecule has 1 amide bonds. The highest BCUT2D eigenvalue weighted by molar-refractivity contribution is 7.89. The van der Waals surface area contributed by atoms with Crippen LogP contribution >= 0.6 is 22.9 Å². The molecule has 1 N–H and O–H groups in total. The molecule has 1 aliphatic heterocycles. The molecule has 3 rings (SSSR count). The van der Waals surface area contributed by atoms with Gasteiger partial charge >= 0.3 is 5.97 Å². The lowest BCUT2D eigenvalue weighted by atomic mass is 9.97. The number of hydrogen-bond donors (Lipinski definition) is 1. The summed E-state index contributed by atoms with van der Waals surface area (Å²) in [4.78, 5) is 32.0. The zero-order valence-corrected chi connectivity index (χ0v) is 17.9. The van der Waals surface area contributed by atoms with Gasteiger partial charge in [0.15, 0.2) is 10.8 Å². The Hall–Kier alpha value is -2.08. The molecule has 0 atom stereocenters. The molecule has 0 unspecified atom stereocenters. The number of thiazole rings is 1. The van der Waals surface area contributed by atoms with E-state index in [-0.39, 0.29) is 47.3 Å². The van der Waals surface area contributed by atoms with Crippen LogP contribution in [0.3, 0.4) is 0 Å². The maximum Gasteiger partial charge on any atom is 0.357 e. The molecule has 2 aromatic heterocycles. The van der Waals surface area contributed by atoms with Gasteiger partial charge in [0.25, 0.3) is 0 Å². The van der Waals surface area contributed by atoms with Crippen LogP contribution in [0.5, 0.6) is 0 Å². The lowest BCUT2D eigenvalue weighted by Gasteiger charge is -2.30. The van der Waals surface area contributed by atoms with Gasteiger partial charge < -0.3 is 10.1 Å². The number of pyridine rings is 1. The number of hydrogen-bond acceptors (Lipinski definition) is 8. The molecule has 1 aliphatic rings. The lowest BCUT2D eigenvalue weighted by molar-refractivity contribution is -0.120. The molecule has 156 valence electrons. The first-order chi connectivity index (χ1) is 13.8. The summed E-state index contributed by atoms with van der Waals surface area (Å²) >= 11 is 7.05. The number of carbonyl (C=O) groups is 2. The highest BCUT2D eigenvalue weighted by Gasteiger charge is 2.33. The molecule has 1 saturated heterocycles. The molecule has 0 aromatic carbocycles. The number of amides is 1. The Morgan fingerprint density at radius 1 is 1.38 bits per heavy atom. The highest BCUT2D eigenvalue weighted by Crippen LogP contribution is 2.28. The van der Waals surface area contributed by atoms with E-state index in [0.717, 1.165) is 11.3 Å². The molecule has 0 spiro atoms. The maximum atomic E-state index is 12.7. The van der Waals surface area contributed by atoms with Crippen molar-refractivity contribution in [2.45, 2.75) is 24.7 Å². The van der Waals surface area contributed by atoms with Crippen molar-refractivity contribution in [3.63, 3.8) is 0 Å². The van der Waals surface area contributed by atoms with Gasteiger partial charge in [0.2, 0.25) is 15.9 Å². The average Bonchev–Trinajstić information content (AvgIpc) is 3.17. The molecule has 0 aliphatic carbocycles. The number of nitrogens with zero attached hydrogens (tertiary/aromatic N) is 3. The van der Waals surface area contributed by atoms with E-state index < -0.39 is 16.0 Å². The summed E-state index contributed by atoms with van der Waals surface area (Å²) in [6.45, 7) is 2.32. The maximum absolute atomic E-state index is 12.7. The van der Waals surface area contributed by atoms with E-state index in [1.165, 1.54) is 28.0 Å². The lowest BCUT2D eigenvalue weighted by Crippen LogP contribution is -2.41. The van der Waals surface area contributed by atoms with Gasteiger partial charge in [0.05, 0.1) is 6.61 Å². The number of halogens is 1. The van der Waals surface area contributed by atoms with Gasteiger partial charge in [-0.05, 0) is 31.9 Å². The topological polar surface area (TPSA) is 119 Å². The van der Waals surface area contributed by atoms with E-state index in [9.17, 15) is 18.0 Å². The zero-order valence-electron chi connectivity index (χ0n) is 15.5. The monoisotopic (exact) mass is 458 g/mol. The predicted molar refractivity (Wildman–Crippen MR) is 107 cm³/mol. The number of sulfonamides is 1. The number of piperidine rings is 1.